The molecule has 22 heavy (non-hydrogen) atoms. The van der Waals surface area contributed by atoms with E-state index in [1.165, 1.54) is 7.11 Å². The highest BCUT2D eigenvalue weighted by Gasteiger charge is 2.25. The summed E-state index contributed by atoms with van der Waals surface area (Å²) in [5.41, 5.74) is 0.957. The van der Waals surface area contributed by atoms with Gasteiger partial charge in [-0.1, -0.05) is 35.0 Å². The molecule has 0 saturated heterocycles. The summed E-state index contributed by atoms with van der Waals surface area (Å²) in [6, 6.07) is 7.44. The Balaban J connectivity index is 2.15. The molecule has 1 amide bonds. The van der Waals surface area contributed by atoms with Crippen LogP contribution in [0.5, 0.6) is 0 Å². The molecule has 1 N–H and O–H groups in total. The van der Waals surface area contributed by atoms with E-state index in [1.807, 2.05) is 0 Å². The molecule has 1 aromatic carbocycles. The largest absolute Gasteiger partial charge is 0.467 e. The first-order valence-electron chi connectivity index (χ1n) is 6.55. The van der Waals surface area contributed by atoms with E-state index >= 15 is 0 Å². The number of carbonyl (C=O) groups excluding carboxylic acids is 2. The van der Waals surface area contributed by atoms with Crippen molar-refractivity contribution in [2.75, 3.05) is 7.11 Å². The van der Waals surface area contributed by atoms with Gasteiger partial charge in [-0.2, -0.15) is 0 Å². The molecular formula is C15H15ClN2O4. The van der Waals surface area contributed by atoms with E-state index in [1.54, 1.807) is 37.3 Å². The van der Waals surface area contributed by atoms with Gasteiger partial charge in [0.15, 0.2) is 6.04 Å². The average Bonchev–Trinajstić information content (AvgIpc) is 2.90. The lowest BCUT2D eigenvalue weighted by Gasteiger charge is -2.17. The maximum Gasteiger partial charge on any atom is 0.333 e. The summed E-state index contributed by atoms with van der Waals surface area (Å²) >= 11 is 6.08. The number of nitrogens with zero attached hydrogens (tertiary/aromatic N) is 1. The first-order valence-corrected chi connectivity index (χ1v) is 6.93. The summed E-state index contributed by atoms with van der Waals surface area (Å²) in [5.74, 6) is -0.375. The minimum absolute atomic E-state index is 0.00468. The Morgan fingerprint density at radius 2 is 2.14 bits per heavy atom. The fraction of sp³-hybridized carbons (Fsp3) is 0.267. The zero-order valence-corrected chi connectivity index (χ0v) is 12.9. The summed E-state index contributed by atoms with van der Waals surface area (Å²) in [5, 5.41) is 6.71. The normalized spacial score (nSPS) is 11.8. The van der Waals surface area contributed by atoms with E-state index in [2.05, 4.69) is 10.5 Å². The van der Waals surface area contributed by atoms with E-state index in [0.29, 0.717) is 22.0 Å². The van der Waals surface area contributed by atoms with Crippen LogP contribution in [0.2, 0.25) is 5.02 Å². The molecule has 6 nitrogen and oxygen atoms in total. The minimum atomic E-state index is -0.973. The number of nitrogens with one attached hydrogen (secondary N) is 1. The van der Waals surface area contributed by atoms with Gasteiger partial charge in [0.25, 0.3) is 0 Å². The van der Waals surface area contributed by atoms with Gasteiger partial charge in [-0.3, -0.25) is 4.79 Å². The highest BCUT2D eigenvalue weighted by molar-refractivity contribution is 6.31. The maximum atomic E-state index is 12.1. The topological polar surface area (TPSA) is 81.4 Å². The van der Waals surface area contributed by atoms with Gasteiger partial charge in [0.05, 0.1) is 19.2 Å². The summed E-state index contributed by atoms with van der Waals surface area (Å²) in [6.45, 7) is 1.73. The molecule has 1 atom stereocenters. The van der Waals surface area contributed by atoms with Gasteiger partial charge in [-0.15, -0.1) is 0 Å². The maximum absolute atomic E-state index is 12.1. The molecule has 0 aliphatic heterocycles. The van der Waals surface area contributed by atoms with E-state index in [-0.39, 0.29) is 12.3 Å². The monoisotopic (exact) mass is 322 g/mol. The summed E-state index contributed by atoms with van der Waals surface area (Å²) in [4.78, 5) is 24.0. The number of methoxy groups -OCH3 is 1. The van der Waals surface area contributed by atoms with Crippen molar-refractivity contribution >= 4 is 23.5 Å². The predicted molar refractivity (Wildman–Crippen MR) is 79.3 cm³/mol. The van der Waals surface area contributed by atoms with Crippen LogP contribution in [0.15, 0.2) is 34.9 Å². The van der Waals surface area contributed by atoms with Crippen molar-refractivity contribution in [1.82, 2.24) is 10.5 Å². The predicted octanol–water partition coefficient (Wildman–Crippen LogP) is 2.21. The summed E-state index contributed by atoms with van der Waals surface area (Å²) in [7, 11) is 1.25. The van der Waals surface area contributed by atoms with Gasteiger partial charge < -0.3 is 14.6 Å². The van der Waals surface area contributed by atoms with Crippen molar-refractivity contribution < 1.29 is 18.8 Å². The molecule has 7 heteroatoms. The zero-order valence-electron chi connectivity index (χ0n) is 12.1. The van der Waals surface area contributed by atoms with E-state index in [0.717, 1.165) is 0 Å². The molecule has 116 valence electrons. The molecular weight excluding hydrogens is 308 g/mol. The number of rotatable bonds is 5. The van der Waals surface area contributed by atoms with Gasteiger partial charge in [-0.05, 0) is 13.0 Å². The fourth-order valence-corrected chi connectivity index (χ4v) is 2.21. The van der Waals surface area contributed by atoms with Gasteiger partial charge in [0.1, 0.15) is 5.76 Å². The fourth-order valence-electron chi connectivity index (χ4n) is 1.97. The number of benzene rings is 1. The summed E-state index contributed by atoms with van der Waals surface area (Å²) in [6.07, 6.45) is -0.00468. The lowest BCUT2D eigenvalue weighted by molar-refractivity contribution is -0.145. The van der Waals surface area contributed by atoms with Crippen molar-refractivity contribution in [2.24, 2.45) is 0 Å². The third kappa shape index (κ3) is 3.85. The molecule has 1 aromatic heterocycles. The van der Waals surface area contributed by atoms with Gasteiger partial charge >= 0.3 is 5.97 Å². The second kappa shape index (κ2) is 7.09. The molecule has 2 aromatic rings. The van der Waals surface area contributed by atoms with Crippen LogP contribution in [-0.2, 0) is 20.7 Å². The van der Waals surface area contributed by atoms with Crippen LogP contribution < -0.4 is 5.32 Å². The zero-order chi connectivity index (χ0) is 16.1. The van der Waals surface area contributed by atoms with Gasteiger partial charge in [0.2, 0.25) is 5.91 Å². The Morgan fingerprint density at radius 1 is 1.41 bits per heavy atom. The first-order chi connectivity index (χ1) is 10.5. The van der Waals surface area contributed by atoms with Crippen LogP contribution in [0.25, 0.3) is 0 Å². The second-order valence-corrected chi connectivity index (χ2v) is 5.06. The number of carbonyl (C=O) groups is 2. The molecule has 2 rings (SSSR count). The lowest BCUT2D eigenvalue weighted by atomic mass is 10.1. The van der Waals surface area contributed by atoms with Crippen LogP contribution in [0.4, 0.5) is 0 Å². The number of aromatic nitrogens is 1. The standard InChI is InChI=1S/C15H15ClN2O4/c1-9-7-10(18-22-9)8-13(19)17-14(15(20)21-2)11-5-3-4-6-12(11)16/h3-7,14H,8H2,1-2H3,(H,17,19)/t14-/m1/s1. The van der Waals surface area contributed by atoms with Crippen LogP contribution in [-0.4, -0.2) is 24.1 Å². The molecule has 0 unspecified atom stereocenters. The van der Waals surface area contributed by atoms with Crippen LogP contribution in [0.1, 0.15) is 23.1 Å². The number of hydrogen-bond acceptors (Lipinski definition) is 5. The number of aryl methyl sites for hydroxylation is 1. The molecule has 0 aliphatic rings. The first kappa shape index (κ1) is 16.0. The number of esters is 1. The smallest absolute Gasteiger partial charge is 0.333 e. The quantitative estimate of drug-likeness (QED) is 0.853. The Kier molecular flexibility index (Phi) is 5.16. The SMILES string of the molecule is COC(=O)[C@H](NC(=O)Cc1cc(C)on1)c1ccccc1Cl. The molecule has 0 spiro atoms. The third-order valence-corrected chi connectivity index (χ3v) is 3.32. The van der Waals surface area contributed by atoms with Crippen molar-refractivity contribution in [1.29, 1.82) is 0 Å². The number of ether oxygens (including phenoxy) is 1. The molecule has 0 fully saturated rings. The third-order valence-electron chi connectivity index (χ3n) is 2.98. The van der Waals surface area contributed by atoms with Crippen molar-refractivity contribution in [3.63, 3.8) is 0 Å². The Hall–Kier alpha value is -2.34. The lowest BCUT2D eigenvalue weighted by Crippen LogP contribution is -2.35. The van der Waals surface area contributed by atoms with E-state index in [4.69, 9.17) is 20.9 Å². The highest BCUT2D eigenvalue weighted by Crippen LogP contribution is 2.23. The molecule has 0 bridgehead atoms. The highest BCUT2D eigenvalue weighted by atomic mass is 35.5. The van der Waals surface area contributed by atoms with Gasteiger partial charge in [-0.25, -0.2) is 4.79 Å². The Bertz CT molecular complexity index is 684. The minimum Gasteiger partial charge on any atom is -0.467 e. The summed E-state index contributed by atoms with van der Waals surface area (Å²) < 4.78 is 9.63. The van der Waals surface area contributed by atoms with Crippen LogP contribution in [0, 0.1) is 6.92 Å². The molecule has 0 radical (unpaired) electrons. The van der Waals surface area contributed by atoms with E-state index in [9.17, 15) is 9.59 Å². The van der Waals surface area contributed by atoms with Crippen molar-refractivity contribution in [3.8, 4) is 0 Å². The number of halogens is 1. The molecule has 0 saturated carbocycles. The van der Waals surface area contributed by atoms with Crippen molar-refractivity contribution in [3.05, 3.63) is 52.4 Å². The molecule has 0 aliphatic carbocycles. The number of hydrogen-bond donors (Lipinski definition) is 1. The van der Waals surface area contributed by atoms with Gasteiger partial charge in [0, 0.05) is 16.7 Å². The Labute approximate surface area is 132 Å². The van der Waals surface area contributed by atoms with E-state index < -0.39 is 12.0 Å². The van der Waals surface area contributed by atoms with Crippen LogP contribution in [0.3, 0.4) is 0 Å². The average molecular weight is 323 g/mol. The van der Waals surface area contributed by atoms with Crippen molar-refractivity contribution in [2.45, 2.75) is 19.4 Å². The number of amides is 1. The van der Waals surface area contributed by atoms with Crippen LogP contribution >= 0.6 is 11.6 Å². The Morgan fingerprint density at radius 3 is 2.73 bits per heavy atom. The molecule has 1 heterocycles. The second-order valence-electron chi connectivity index (χ2n) is 4.65.